The zero-order valence-corrected chi connectivity index (χ0v) is 10.7. The maximum atomic E-state index is 9.81. The van der Waals surface area contributed by atoms with Crippen LogP contribution in [0.5, 0.6) is 0 Å². The number of aliphatic hydroxyl groups excluding tert-OH is 1. The molecule has 4 heteroatoms. The Morgan fingerprint density at radius 1 is 1.11 bits per heavy atom. The lowest BCUT2D eigenvalue weighted by molar-refractivity contribution is 0.171. The molecule has 0 saturated heterocycles. The molecule has 0 aromatic carbocycles. The fraction of sp³-hybridized carbons (Fsp3) is 0.714. The Balaban J connectivity index is 1.70. The third-order valence-corrected chi connectivity index (χ3v) is 4.24. The van der Waals surface area contributed by atoms with Crippen LogP contribution < -0.4 is 5.32 Å². The topological polar surface area (TPSA) is 58.0 Å². The normalized spacial score (nSPS) is 28.7. The standard InChI is InChI=1S/C14H21N3O/c18-13-7-3-6-12(13)17-14-15-9-8-11(16-14)10-4-1-2-5-10/h8-10,12-13,18H,1-7H2,(H,15,16,17)/t12-,13+/m0/s1. The van der Waals surface area contributed by atoms with E-state index in [1.807, 2.05) is 12.3 Å². The molecule has 2 N–H and O–H groups in total. The Morgan fingerprint density at radius 2 is 1.94 bits per heavy atom. The number of hydrogen-bond acceptors (Lipinski definition) is 4. The van der Waals surface area contributed by atoms with Gasteiger partial charge in [-0.1, -0.05) is 12.8 Å². The molecule has 0 aliphatic heterocycles. The van der Waals surface area contributed by atoms with Crippen LogP contribution in [0.15, 0.2) is 12.3 Å². The van der Waals surface area contributed by atoms with E-state index in [9.17, 15) is 5.11 Å². The molecule has 98 valence electrons. The molecule has 1 heterocycles. The average molecular weight is 247 g/mol. The van der Waals surface area contributed by atoms with Gasteiger partial charge in [-0.25, -0.2) is 9.97 Å². The number of hydrogen-bond donors (Lipinski definition) is 2. The maximum absolute atomic E-state index is 9.81. The van der Waals surface area contributed by atoms with Gasteiger partial charge in [-0.05, 0) is 38.2 Å². The van der Waals surface area contributed by atoms with Gasteiger partial charge in [0.15, 0.2) is 0 Å². The number of anilines is 1. The molecule has 0 unspecified atom stereocenters. The third-order valence-electron chi connectivity index (χ3n) is 4.24. The summed E-state index contributed by atoms with van der Waals surface area (Å²) in [6.07, 6.45) is 9.72. The first-order valence-electron chi connectivity index (χ1n) is 7.10. The molecule has 2 aliphatic rings. The molecule has 18 heavy (non-hydrogen) atoms. The van der Waals surface area contributed by atoms with Crippen LogP contribution in [0.2, 0.25) is 0 Å². The summed E-state index contributed by atoms with van der Waals surface area (Å²) in [7, 11) is 0. The molecule has 4 nitrogen and oxygen atoms in total. The second kappa shape index (κ2) is 5.22. The zero-order valence-electron chi connectivity index (χ0n) is 10.7. The predicted molar refractivity (Wildman–Crippen MR) is 70.5 cm³/mol. The van der Waals surface area contributed by atoms with Gasteiger partial charge < -0.3 is 10.4 Å². The second-order valence-electron chi connectivity index (χ2n) is 5.54. The van der Waals surface area contributed by atoms with E-state index < -0.39 is 0 Å². The first kappa shape index (κ1) is 11.9. The highest BCUT2D eigenvalue weighted by atomic mass is 16.3. The van der Waals surface area contributed by atoms with Crippen LogP contribution in [-0.4, -0.2) is 27.2 Å². The molecular formula is C14H21N3O. The molecule has 1 aromatic rings. The van der Waals surface area contributed by atoms with Gasteiger partial charge in [0.1, 0.15) is 0 Å². The monoisotopic (exact) mass is 247 g/mol. The second-order valence-corrected chi connectivity index (χ2v) is 5.54. The smallest absolute Gasteiger partial charge is 0.223 e. The van der Waals surface area contributed by atoms with Gasteiger partial charge in [0.25, 0.3) is 0 Å². The summed E-state index contributed by atoms with van der Waals surface area (Å²) in [5.74, 6) is 1.30. The molecule has 1 aromatic heterocycles. The van der Waals surface area contributed by atoms with Crippen molar-refractivity contribution in [1.82, 2.24) is 9.97 Å². The predicted octanol–water partition coefficient (Wildman–Crippen LogP) is 2.46. The number of nitrogens with zero attached hydrogens (tertiary/aromatic N) is 2. The van der Waals surface area contributed by atoms with E-state index in [0.717, 1.165) is 25.0 Å². The lowest BCUT2D eigenvalue weighted by atomic mass is 10.0. The Morgan fingerprint density at radius 3 is 2.67 bits per heavy atom. The van der Waals surface area contributed by atoms with Crippen molar-refractivity contribution in [2.24, 2.45) is 0 Å². The molecule has 2 aliphatic carbocycles. The van der Waals surface area contributed by atoms with Gasteiger partial charge >= 0.3 is 0 Å². The summed E-state index contributed by atoms with van der Waals surface area (Å²) >= 11 is 0. The quantitative estimate of drug-likeness (QED) is 0.861. The molecule has 0 amide bonds. The summed E-state index contributed by atoms with van der Waals surface area (Å²) in [4.78, 5) is 8.89. The maximum Gasteiger partial charge on any atom is 0.223 e. The van der Waals surface area contributed by atoms with Crippen LogP contribution in [0, 0.1) is 0 Å². The first-order chi connectivity index (χ1) is 8.83. The van der Waals surface area contributed by atoms with Crippen LogP contribution in [0.4, 0.5) is 5.95 Å². The minimum absolute atomic E-state index is 0.129. The van der Waals surface area contributed by atoms with Crippen LogP contribution >= 0.6 is 0 Å². The van der Waals surface area contributed by atoms with E-state index in [-0.39, 0.29) is 12.1 Å². The van der Waals surface area contributed by atoms with Crippen molar-refractivity contribution < 1.29 is 5.11 Å². The summed E-state index contributed by atoms with van der Waals surface area (Å²) in [6.45, 7) is 0. The van der Waals surface area contributed by atoms with Crippen molar-refractivity contribution in [3.8, 4) is 0 Å². The number of rotatable bonds is 3. The van der Waals surface area contributed by atoms with E-state index in [4.69, 9.17) is 0 Å². The largest absolute Gasteiger partial charge is 0.391 e. The summed E-state index contributed by atoms with van der Waals surface area (Å²) in [5.41, 5.74) is 1.16. The summed E-state index contributed by atoms with van der Waals surface area (Å²) < 4.78 is 0. The van der Waals surface area contributed by atoms with Gasteiger partial charge in [0.05, 0.1) is 12.1 Å². The van der Waals surface area contributed by atoms with Crippen molar-refractivity contribution in [3.05, 3.63) is 18.0 Å². The van der Waals surface area contributed by atoms with Crippen LogP contribution in [-0.2, 0) is 0 Å². The lowest BCUT2D eigenvalue weighted by Crippen LogP contribution is -2.29. The Kier molecular flexibility index (Phi) is 3.46. The zero-order chi connectivity index (χ0) is 12.4. The van der Waals surface area contributed by atoms with Crippen LogP contribution in [0.3, 0.4) is 0 Å². The van der Waals surface area contributed by atoms with Crippen LogP contribution in [0.1, 0.15) is 56.6 Å². The van der Waals surface area contributed by atoms with Gasteiger partial charge in [-0.2, -0.15) is 0 Å². The minimum Gasteiger partial charge on any atom is -0.391 e. The highest BCUT2D eigenvalue weighted by Crippen LogP contribution is 2.33. The molecule has 0 radical (unpaired) electrons. The molecular weight excluding hydrogens is 226 g/mol. The highest BCUT2D eigenvalue weighted by Gasteiger charge is 2.26. The molecule has 0 bridgehead atoms. The third kappa shape index (κ3) is 2.48. The van der Waals surface area contributed by atoms with Crippen molar-refractivity contribution in [2.45, 2.75) is 63.0 Å². The Hall–Kier alpha value is -1.16. The Labute approximate surface area is 108 Å². The van der Waals surface area contributed by atoms with Crippen molar-refractivity contribution in [1.29, 1.82) is 0 Å². The molecule has 2 saturated carbocycles. The van der Waals surface area contributed by atoms with Gasteiger partial charge in [0, 0.05) is 17.8 Å². The molecule has 2 atom stereocenters. The van der Waals surface area contributed by atoms with Crippen molar-refractivity contribution in [3.63, 3.8) is 0 Å². The van der Waals surface area contributed by atoms with E-state index in [1.165, 1.54) is 25.7 Å². The van der Waals surface area contributed by atoms with E-state index >= 15 is 0 Å². The van der Waals surface area contributed by atoms with E-state index in [2.05, 4.69) is 15.3 Å². The fourth-order valence-corrected chi connectivity index (χ4v) is 3.17. The van der Waals surface area contributed by atoms with Gasteiger partial charge in [-0.3, -0.25) is 0 Å². The van der Waals surface area contributed by atoms with Gasteiger partial charge in [-0.15, -0.1) is 0 Å². The molecule has 3 rings (SSSR count). The fourth-order valence-electron chi connectivity index (χ4n) is 3.17. The van der Waals surface area contributed by atoms with Crippen molar-refractivity contribution >= 4 is 5.95 Å². The summed E-state index contributed by atoms with van der Waals surface area (Å²) in [5, 5.41) is 13.1. The average Bonchev–Trinajstić information content (AvgIpc) is 3.02. The number of aliphatic hydroxyl groups is 1. The Bertz CT molecular complexity index is 404. The number of nitrogens with one attached hydrogen (secondary N) is 1. The lowest BCUT2D eigenvalue weighted by Gasteiger charge is -2.17. The highest BCUT2D eigenvalue weighted by molar-refractivity contribution is 5.29. The van der Waals surface area contributed by atoms with Crippen molar-refractivity contribution in [2.75, 3.05) is 5.32 Å². The SMILES string of the molecule is O[C@@H]1CCC[C@@H]1Nc1nccc(C2CCCC2)n1. The van der Waals surface area contributed by atoms with E-state index in [1.54, 1.807) is 0 Å². The molecule has 0 spiro atoms. The van der Waals surface area contributed by atoms with Crippen LogP contribution in [0.25, 0.3) is 0 Å². The van der Waals surface area contributed by atoms with E-state index in [0.29, 0.717) is 11.9 Å². The summed E-state index contributed by atoms with van der Waals surface area (Å²) in [6, 6.07) is 2.16. The van der Waals surface area contributed by atoms with Gasteiger partial charge in [0.2, 0.25) is 5.95 Å². The molecule has 2 fully saturated rings. The minimum atomic E-state index is -0.247. The first-order valence-corrected chi connectivity index (χ1v) is 7.10. The number of aromatic nitrogens is 2.